The molecule has 0 spiro atoms. The lowest BCUT2D eigenvalue weighted by Gasteiger charge is -2.09. The van der Waals surface area contributed by atoms with Crippen LogP contribution in [0.4, 0.5) is 5.13 Å². The fourth-order valence-corrected chi connectivity index (χ4v) is 6.78. The quantitative estimate of drug-likeness (QED) is 0.0565. The second kappa shape index (κ2) is 25.8. The number of carbonyl (C=O) groups is 2. The van der Waals surface area contributed by atoms with Crippen molar-refractivity contribution in [1.29, 1.82) is 0 Å². The van der Waals surface area contributed by atoms with Gasteiger partial charge >= 0.3 is 0 Å². The standard InChI is InChI=1S/C44H55N3O11S/c1-33-6-3-4-9-39(33)43(50)47-13-12-36-32-37(10-11-40(36)47)42-34(2)59-44(46-42)45-41(49)31-35-7-5-8-38(30-35)58-29-28-57-27-26-56-25-24-55-23-22-54-21-20-53-19-18-52-17-16-51-15-14-48/h3-13,30,32,48H,14-29,31H2,1-2H3,(H,45,46,49). The number of hydrogen-bond acceptors (Lipinski definition) is 13. The molecule has 0 fully saturated rings. The minimum absolute atomic E-state index is 0.0143. The second-order valence-electron chi connectivity index (χ2n) is 13.2. The molecule has 1 amide bonds. The van der Waals surface area contributed by atoms with Crippen LogP contribution >= 0.6 is 11.3 Å². The van der Waals surface area contributed by atoms with Crippen LogP contribution in [0.2, 0.25) is 0 Å². The molecule has 0 aliphatic rings. The Hall–Kier alpha value is -4.55. The van der Waals surface area contributed by atoms with Gasteiger partial charge in [-0.05, 0) is 61.4 Å². The van der Waals surface area contributed by atoms with Crippen molar-refractivity contribution < 1.29 is 52.6 Å². The fourth-order valence-electron chi connectivity index (χ4n) is 5.93. The molecular formula is C44H55N3O11S. The minimum Gasteiger partial charge on any atom is -0.491 e. The van der Waals surface area contributed by atoms with Gasteiger partial charge in [-0.25, -0.2) is 4.98 Å². The monoisotopic (exact) mass is 833 g/mol. The molecule has 0 bridgehead atoms. The number of carbonyl (C=O) groups excluding carboxylic acids is 2. The first-order chi connectivity index (χ1) is 28.9. The smallest absolute Gasteiger partial charge is 0.262 e. The zero-order valence-corrected chi connectivity index (χ0v) is 34.7. The topological polar surface area (TPSA) is 158 Å². The first-order valence-corrected chi connectivity index (χ1v) is 20.6. The number of amides is 1. The molecule has 5 aromatic rings. The van der Waals surface area contributed by atoms with Crippen molar-refractivity contribution in [2.75, 3.05) is 111 Å². The van der Waals surface area contributed by atoms with Crippen LogP contribution in [0.25, 0.3) is 22.2 Å². The number of nitrogens with zero attached hydrogens (tertiary/aromatic N) is 2. The molecule has 0 unspecified atom stereocenters. The van der Waals surface area contributed by atoms with E-state index >= 15 is 0 Å². The Labute approximate surface area is 349 Å². The van der Waals surface area contributed by atoms with Crippen molar-refractivity contribution in [1.82, 2.24) is 9.55 Å². The third-order valence-electron chi connectivity index (χ3n) is 8.83. The van der Waals surface area contributed by atoms with E-state index in [1.807, 2.05) is 86.6 Å². The number of anilines is 1. The molecule has 0 radical (unpaired) electrons. The Morgan fingerprint density at radius 1 is 0.678 bits per heavy atom. The summed E-state index contributed by atoms with van der Waals surface area (Å²) in [5.41, 5.74) is 4.94. The molecule has 0 aliphatic heterocycles. The zero-order valence-electron chi connectivity index (χ0n) is 33.9. The zero-order chi connectivity index (χ0) is 41.5. The van der Waals surface area contributed by atoms with E-state index in [4.69, 9.17) is 48.0 Å². The number of aliphatic hydroxyl groups excluding tert-OH is 1. The van der Waals surface area contributed by atoms with Gasteiger partial charge in [-0.3, -0.25) is 14.2 Å². The van der Waals surface area contributed by atoms with Crippen LogP contribution in [0, 0.1) is 13.8 Å². The van der Waals surface area contributed by atoms with Gasteiger partial charge in [0, 0.05) is 27.6 Å². The maximum Gasteiger partial charge on any atom is 0.262 e. The summed E-state index contributed by atoms with van der Waals surface area (Å²) < 4.78 is 45.5. The normalized spacial score (nSPS) is 11.4. The first kappa shape index (κ1) is 45.5. The van der Waals surface area contributed by atoms with Crippen LogP contribution in [0.15, 0.2) is 79.0 Å². The summed E-state index contributed by atoms with van der Waals surface area (Å²) in [7, 11) is 0. The van der Waals surface area contributed by atoms with Gasteiger partial charge < -0.3 is 48.3 Å². The molecule has 14 nitrogen and oxygen atoms in total. The highest BCUT2D eigenvalue weighted by molar-refractivity contribution is 7.16. The molecule has 2 aromatic heterocycles. The van der Waals surface area contributed by atoms with Crippen LogP contribution in [0.5, 0.6) is 5.75 Å². The van der Waals surface area contributed by atoms with E-state index in [0.717, 1.165) is 38.2 Å². The molecule has 318 valence electrons. The average Bonchev–Trinajstić information content (AvgIpc) is 3.83. The van der Waals surface area contributed by atoms with Gasteiger partial charge in [-0.2, -0.15) is 0 Å². The molecule has 59 heavy (non-hydrogen) atoms. The number of thiazole rings is 1. The van der Waals surface area contributed by atoms with Crippen molar-refractivity contribution in [3.05, 3.63) is 101 Å². The van der Waals surface area contributed by atoms with E-state index in [2.05, 4.69) is 5.32 Å². The van der Waals surface area contributed by atoms with Crippen LogP contribution in [0.1, 0.15) is 26.4 Å². The van der Waals surface area contributed by atoms with Gasteiger partial charge in [-0.1, -0.05) is 36.4 Å². The molecule has 2 N–H and O–H groups in total. The van der Waals surface area contributed by atoms with Gasteiger partial charge in [-0.15, -0.1) is 11.3 Å². The third kappa shape index (κ3) is 15.5. The average molecular weight is 834 g/mol. The van der Waals surface area contributed by atoms with Crippen LogP contribution in [0.3, 0.4) is 0 Å². The largest absolute Gasteiger partial charge is 0.491 e. The van der Waals surface area contributed by atoms with E-state index in [0.29, 0.717) is 116 Å². The number of benzene rings is 3. The van der Waals surface area contributed by atoms with Crippen molar-refractivity contribution >= 4 is 39.2 Å². The van der Waals surface area contributed by atoms with Gasteiger partial charge in [0.2, 0.25) is 5.91 Å². The predicted octanol–water partition coefficient (Wildman–Crippen LogP) is 5.74. The molecule has 0 saturated carbocycles. The van der Waals surface area contributed by atoms with Crippen molar-refractivity contribution in [2.24, 2.45) is 0 Å². The number of fused-ring (bicyclic) bond motifs is 1. The molecular weight excluding hydrogens is 779 g/mol. The number of aliphatic hydroxyl groups is 1. The molecule has 0 aliphatic carbocycles. The molecule has 5 rings (SSSR count). The van der Waals surface area contributed by atoms with Gasteiger partial charge in [0.05, 0.1) is 117 Å². The lowest BCUT2D eigenvalue weighted by Crippen LogP contribution is -2.15. The number of hydrogen-bond donors (Lipinski definition) is 2. The molecule has 15 heteroatoms. The second-order valence-corrected chi connectivity index (χ2v) is 14.4. The molecule has 0 saturated heterocycles. The minimum atomic E-state index is -0.176. The summed E-state index contributed by atoms with van der Waals surface area (Å²) in [4.78, 5) is 32.0. The SMILES string of the molecule is Cc1ccccc1C(=O)n1ccc2cc(-c3nc(NC(=O)Cc4cccc(OCCOCCOCCOCCOCCOCCOCCOCCO)c4)sc3C)ccc21. The molecule has 3 aromatic carbocycles. The number of aryl methyl sites for hydroxylation is 2. The van der Waals surface area contributed by atoms with E-state index in [1.54, 1.807) is 10.8 Å². The third-order valence-corrected chi connectivity index (χ3v) is 9.71. The number of rotatable bonds is 29. The van der Waals surface area contributed by atoms with E-state index in [-0.39, 0.29) is 24.8 Å². The summed E-state index contributed by atoms with van der Waals surface area (Å²) in [5.74, 6) is 0.410. The fraction of sp³-hybridized carbons (Fsp3) is 0.432. The lowest BCUT2D eigenvalue weighted by molar-refractivity contribution is -0.115. The van der Waals surface area contributed by atoms with Crippen LogP contribution < -0.4 is 10.1 Å². The Bertz CT molecular complexity index is 2020. The molecule has 0 atom stereocenters. The highest BCUT2D eigenvalue weighted by Gasteiger charge is 2.17. The van der Waals surface area contributed by atoms with Crippen molar-refractivity contribution in [3.63, 3.8) is 0 Å². The van der Waals surface area contributed by atoms with E-state index in [9.17, 15) is 9.59 Å². The first-order valence-electron chi connectivity index (χ1n) is 19.8. The summed E-state index contributed by atoms with van der Waals surface area (Å²) in [6, 6.07) is 22.9. The predicted molar refractivity (Wildman–Crippen MR) is 226 cm³/mol. The maximum atomic E-state index is 13.3. The van der Waals surface area contributed by atoms with Gasteiger partial charge in [0.15, 0.2) is 5.13 Å². The summed E-state index contributed by atoms with van der Waals surface area (Å²) in [5, 5.41) is 13.0. The Balaban J connectivity index is 0.901. The van der Waals surface area contributed by atoms with Crippen LogP contribution in [-0.4, -0.2) is 132 Å². The Morgan fingerprint density at radius 3 is 1.88 bits per heavy atom. The summed E-state index contributed by atoms with van der Waals surface area (Å²) in [6.07, 6.45) is 1.97. The van der Waals surface area contributed by atoms with E-state index < -0.39 is 0 Å². The Morgan fingerprint density at radius 2 is 1.27 bits per heavy atom. The number of aromatic nitrogens is 2. The number of ether oxygens (including phenoxy) is 8. The highest BCUT2D eigenvalue weighted by Crippen LogP contribution is 2.33. The Kier molecular flexibility index (Phi) is 19.9. The van der Waals surface area contributed by atoms with Gasteiger partial charge in [0.1, 0.15) is 12.4 Å². The maximum absolute atomic E-state index is 13.3. The van der Waals surface area contributed by atoms with E-state index in [1.165, 1.54) is 11.3 Å². The molecule has 2 heterocycles. The van der Waals surface area contributed by atoms with Crippen molar-refractivity contribution in [2.45, 2.75) is 20.3 Å². The van der Waals surface area contributed by atoms with Crippen molar-refractivity contribution in [3.8, 4) is 17.0 Å². The lowest BCUT2D eigenvalue weighted by atomic mass is 10.1. The highest BCUT2D eigenvalue weighted by atomic mass is 32.1. The summed E-state index contributed by atoms with van der Waals surface area (Å²) in [6.45, 7) is 10.6. The van der Waals surface area contributed by atoms with Gasteiger partial charge in [0.25, 0.3) is 5.91 Å². The number of nitrogens with one attached hydrogen (secondary N) is 1. The summed E-state index contributed by atoms with van der Waals surface area (Å²) >= 11 is 1.42. The van der Waals surface area contributed by atoms with Crippen LogP contribution in [-0.2, 0) is 44.4 Å².